The second kappa shape index (κ2) is 8.40. The lowest BCUT2D eigenvalue weighted by molar-refractivity contribution is -0.118. The number of benzene rings is 2. The Morgan fingerprint density at radius 1 is 1.31 bits per heavy atom. The number of likely N-dealkylation sites (N-methyl/N-ethyl adjacent to an activating group) is 1. The normalized spacial score (nSPS) is 13.4. The molecule has 0 saturated carbocycles. The zero-order valence-electron chi connectivity index (χ0n) is 15.9. The molecular formula is C19H20ClN3O5S. The number of carbonyl (C=O) groups is 2. The van der Waals surface area contributed by atoms with Crippen molar-refractivity contribution in [2.24, 2.45) is 0 Å². The average Bonchev–Trinajstić information content (AvgIpc) is 2.67. The zero-order chi connectivity index (χ0) is 21.2. The summed E-state index contributed by atoms with van der Waals surface area (Å²) in [7, 11) is -2.78. The van der Waals surface area contributed by atoms with Crippen molar-refractivity contribution in [1.29, 1.82) is 0 Å². The maximum Gasteiger partial charge on any atom is 0.262 e. The molecule has 8 nitrogen and oxygen atoms in total. The minimum atomic E-state index is -4.07. The minimum absolute atomic E-state index is 0.0857. The molecule has 1 heterocycles. The molecule has 29 heavy (non-hydrogen) atoms. The summed E-state index contributed by atoms with van der Waals surface area (Å²) < 4.78 is 32.0. The van der Waals surface area contributed by atoms with E-state index in [9.17, 15) is 18.0 Å². The van der Waals surface area contributed by atoms with E-state index in [2.05, 4.69) is 10.6 Å². The van der Waals surface area contributed by atoms with Crippen LogP contribution in [0.5, 0.6) is 5.75 Å². The van der Waals surface area contributed by atoms with Crippen molar-refractivity contribution in [3.05, 3.63) is 47.0 Å². The first-order valence-electron chi connectivity index (χ1n) is 8.82. The molecule has 2 N–H and O–H groups in total. The number of hydrogen-bond acceptors (Lipinski definition) is 5. The van der Waals surface area contributed by atoms with E-state index >= 15 is 0 Å². The lowest BCUT2D eigenvalue weighted by atomic mass is 10.1. The van der Waals surface area contributed by atoms with E-state index in [1.54, 1.807) is 6.07 Å². The molecule has 0 saturated heterocycles. The van der Waals surface area contributed by atoms with Gasteiger partial charge in [0.15, 0.2) is 6.61 Å². The molecule has 0 unspecified atom stereocenters. The van der Waals surface area contributed by atoms with Crippen LogP contribution in [0.1, 0.15) is 12.5 Å². The smallest absolute Gasteiger partial charge is 0.262 e. The van der Waals surface area contributed by atoms with Crippen LogP contribution < -0.4 is 15.4 Å². The number of ether oxygens (including phenoxy) is 1. The van der Waals surface area contributed by atoms with E-state index in [4.69, 9.17) is 16.3 Å². The second-order valence-corrected chi connectivity index (χ2v) is 8.90. The van der Waals surface area contributed by atoms with Crippen LogP contribution in [0.2, 0.25) is 5.02 Å². The fourth-order valence-corrected chi connectivity index (χ4v) is 4.44. The standard InChI is InChI=1S/C19H20ClN3O5S/c1-3-12-5-4-6-13(7-12)21-18(24)10-23(2)29(26,27)17-9-16-15(8-14(17)20)22-19(25)11-28-16/h4-9H,3,10-11H2,1-2H3,(H,21,24)(H,22,25). The topological polar surface area (TPSA) is 105 Å². The van der Waals surface area contributed by atoms with Crippen molar-refractivity contribution in [2.75, 3.05) is 30.8 Å². The van der Waals surface area contributed by atoms with Gasteiger partial charge in [0.25, 0.3) is 5.91 Å². The number of nitrogens with one attached hydrogen (secondary N) is 2. The van der Waals surface area contributed by atoms with Gasteiger partial charge < -0.3 is 15.4 Å². The molecule has 1 aliphatic rings. The van der Waals surface area contributed by atoms with Crippen molar-refractivity contribution in [3.8, 4) is 5.75 Å². The molecular weight excluding hydrogens is 418 g/mol. The number of rotatable bonds is 6. The Kier molecular flexibility index (Phi) is 6.11. The number of sulfonamides is 1. The van der Waals surface area contributed by atoms with Gasteiger partial charge in [-0.2, -0.15) is 4.31 Å². The van der Waals surface area contributed by atoms with Gasteiger partial charge in [-0.15, -0.1) is 0 Å². The molecule has 0 aliphatic carbocycles. The number of hydrogen-bond donors (Lipinski definition) is 2. The van der Waals surface area contributed by atoms with Crippen LogP contribution in [0.3, 0.4) is 0 Å². The lowest BCUT2D eigenvalue weighted by Gasteiger charge is -2.22. The molecule has 3 rings (SSSR count). The maximum atomic E-state index is 12.9. The highest BCUT2D eigenvalue weighted by molar-refractivity contribution is 7.89. The Labute approximate surface area is 173 Å². The SMILES string of the molecule is CCc1cccc(NC(=O)CN(C)S(=O)(=O)c2cc3c(cc2Cl)NC(=O)CO3)c1. The Morgan fingerprint density at radius 3 is 2.79 bits per heavy atom. The van der Waals surface area contributed by atoms with E-state index < -0.39 is 22.5 Å². The van der Waals surface area contributed by atoms with Gasteiger partial charge in [-0.05, 0) is 30.2 Å². The van der Waals surface area contributed by atoms with Crippen LogP contribution in [0.4, 0.5) is 11.4 Å². The molecule has 2 amide bonds. The van der Waals surface area contributed by atoms with Gasteiger partial charge in [0.05, 0.1) is 17.3 Å². The fourth-order valence-electron chi connectivity index (χ4n) is 2.80. The number of anilines is 2. The first-order chi connectivity index (χ1) is 13.7. The third kappa shape index (κ3) is 4.69. The van der Waals surface area contributed by atoms with E-state index in [1.165, 1.54) is 19.2 Å². The van der Waals surface area contributed by atoms with E-state index in [0.717, 1.165) is 16.3 Å². The summed E-state index contributed by atoms with van der Waals surface area (Å²) in [6.45, 7) is 1.38. The van der Waals surface area contributed by atoms with Crippen LogP contribution in [0, 0.1) is 0 Å². The molecule has 0 atom stereocenters. The van der Waals surface area contributed by atoms with Gasteiger partial charge in [0.2, 0.25) is 15.9 Å². The minimum Gasteiger partial charge on any atom is -0.482 e. The predicted molar refractivity (Wildman–Crippen MR) is 110 cm³/mol. The molecule has 0 bridgehead atoms. The highest BCUT2D eigenvalue weighted by atomic mass is 35.5. The number of halogens is 1. The van der Waals surface area contributed by atoms with Crippen molar-refractivity contribution in [1.82, 2.24) is 4.31 Å². The fraction of sp³-hybridized carbons (Fsp3) is 0.263. The summed E-state index contributed by atoms with van der Waals surface area (Å²) in [6.07, 6.45) is 0.817. The number of nitrogens with zero attached hydrogens (tertiary/aromatic N) is 1. The Balaban J connectivity index is 1.77. The molecule has 1 aliphatic heterocycles. The van der Waals surface area contributed by atoms with Gasteiger partial charge in [0, 0.05) is 18.8 Å². The zero-order valence-corrected chi connectivity index (χ0v) is 17.4. The molecule has 154 valence electrons. The summed E-state index contributed by atoms with van der Waals surface area (Å²) >= 11 is 6.12. The summed E-state index contributed by atoms with van der Waals surface area (Å²) in [6, 6.07) is 9.88. The predicted octanol–water partition coefficient (Wildman–Crippen LogP) is 2.49. The molecule has 0 radical (unpaired) electrons. The summed E-state index contributed by atoms with van der Waals surface area (Å²) in [5.41, 5.74) is 1.94. The first kappa shape index (κ1) is 21.1. The second-order valence-electron chi connectivity index (χ2n) is 6.48. The number of amides is 2. The van der Waals surface area contributed by atoms with Crippen LogP contribution >= 0.6 is 11.6 Å². The number of fused-ring (bicyclic) bond motifs is 1. The quantitative estimate of drug-likeness (QED) is 0.722. The summed E-state index contributed by atoms with van der Waals surface area (Å²) in [4.78, 5) is 23.5. The van der Waals surface area contributed by atoms with Gasteiger partial charge in [0.1, 0.15) is 10.6 Å². The number of carbonyl (C=O) groups excluding carboxylic acids is 2. The first-order valence-corrected chi connectivity index (χ1v) is 10.6. The number of aryl methyl sites for hydroxylation is 1. The van der Waals surface area contributed by atoms with Gasteiger partial charge in [-0.1, -0.05) is 30.7 Å². The van der Waals surface area contributed by atoms with E-state index in [-0.39, 0.29) is 28.2 Å². The van der Waals surface area contributed by atoms with Crippen molar-refractivity contribution in [2.45, 2.75) is 18.2 Å². The van der Waals surface area contributed by atoms with Crippen LogP contribution in [-0.4, -0.2) is 44.7 Å². The average molecular weight is 438 g/mol. The van der Waals surface area contributed by atoms with E-state index in [1.807, 2.05) is 25.1 Å². The maximum absolute atomic E-state index is 12.9. The van der Waals surface area contributed by atoms with Crippen LogP contribution in [0.25, 0.3) is 0 Å². The van der Waals surface area contributed by atoms with Gasteiger partial charge in [-0.3, -0.25) is 9.59 Å². The summed E-state index contributed by atoms with van der Waals surface area (Å²) in [5.74, 6) is -0.645. The molecule has 2 aromatic carbocycles. The van der Waals surface area contributed by atoms with Crippen molar-refractivity contribution >= 4 is 44.8 Å². The Hall–Kier alpha value is -2.62. The molecule has 0 fully saturated rings. The molecule has 0 spiro atoms. The summed E-state index contributed by atoms with van der Waals surface area (Å²) in [5, 5.41) is 5.16. The highest BCUT2D eigenvalue weighted by Gasteiger charge is 2.28. The Morgan fingerprint density at radius 2 is 2.07 bits per heavy atom. The molecule has 0 aromatic heterocycles. The van der Waals surface area contributed by atoms with Crippen molar-refractivity contribution < 1.29 is 22.7 Å². The third-order valence-corrected chi connectivity index (χ3v) is 6.61. The molecule has 10 heteroatoms. The van der Waals surface area contributed by atoms with Crippen LogP contribution in [-0.2, 0) is 26.0 Å². The van der Waals surface area contributed by atoms with Crippen LogP contribution in [0.15, 0.2) is 41.3 Å². The van der Waals surface area contributed by atoms with Gasteiger partial charge in [-0.25, -0.2) is 8.42 Å². The van der Waals surface area contributed by atoms with Gasteiger partial charge >= 0.3 is 0 Å². The third-order valence-electron chi connectivity index (χ3n) is 4.34. The van der Waals surface area contributed by atoms with E-state index in [0.29, 0.717) is 11.4 Å². The molecule has 2 aromatic rings. The highest BCUT2D eigenvalue weighted by Crippen LogP contribution is 2.36. The monoisotopic (exact) mass is 437 g/mol. The lowest BCUT2D eigenvalue weighted by Crippen LogP contribution is -2.35. The van der Waals surface area contributed by atoms with Crippen molar-refractivity contribution in [3.63, 3.8) is 0 Å². The Bertz CT molecular complexity index is 1070. The largest absolute Gasteiger partial charge is 0.482 e.